The molecule has 0 aliphatic heterocycles. The summed E-state index contributed by atoms with van der Waals surface area (Å²) < 4.78 is 0.293. The Balaban J connectivity index is 4.94. The van der Waals surface area contributed by atoms with Gasteiger partial charge in [0.25, 0.3) is 0 Å². The van der Waals surface area contributed by atoms with Crippen LogP contribution in [0, 0.1) is 0 Å². The lowest BCUT2D eigenvalue weighted by atomic mass is 10.5. The summed E-state index contributed by atoms with van der Waals surface area (Å²) >= 11 is 23.5. The molecule has 0 aliphatic rings. The van der Waals surface area contributed by atoms with Crippen LogP contribution < -0.4 is 0 Å². The second-order valence-corrected chi connectivity index (χ2v) is 4.15. The minimum absolute atomic E-state index is 0.0346. The number of carbonyl (C=O) groups excluding carboxylic acids is 1. The second-order valence-electron chi connectivity index (χ2n) is 1.57. The minimum Gasteiger partial charge on any atom is -0.297 e. The summed E-state index contributed by atoms with van der Waals surface area (Å²) in [5.41, 5.74) is 0. The van der Waals surface area contributed by atoms with Crippen molar-refractivity contribution in [2.75, 3.05) is 6.26 Å². The molecule has 0 amide bonds. The molecule has 0 saturated heterocycles. The van der Waals surface area contributed by atoms with E-state index in [-0.39, 0.29) is 15.1 Å². The molecule has 12 heavy (non-hydrogen) atoms. The number of halogens is 4. The highest BCUT2D eigenvalue weighted by atomic mass is 35.5. The zero-order valence-electron chi connectivity index (χ0n) is 5.91. The number of rotatable bonds is 3. The molecule has 0 N–H and O–H groups in total. The Morgan fingerprint density at radius 3 is 2.00 bits per heavy atom. The topological polar surface area (TPSA) is 17.1 Å². The number of allylic oxidation sites excluding steroid dienone is 3. The van der Waals surface area contributed by atoms with Crippen molar-refractivity contribution < 1.29 is 4.79 Å². The summed E-state index contributed by atoms with van der Waals surface area (Å²) in [7, 11) is 0. The van der Waals surface area contributed by atoms with Crippen molar-refractivity contribution in [3.05, 3.63) is 19.5 Å². The van der Waals surface area contributed by atoms with Gasteiger partial charge < -0.3 is 0 Å². The third-order valence-corrected chi connectivity index (χ3v) is 3.52. The molecule has 0 bridgehead atoms. The van der Waals surface area contributed by atoms with Crippen LogP contribution in [0.15, 0.2) is 19.5 Å². The van der Waals surface area contributed by atoms with E-state index in [2.05, 4.69) is 0 Å². The van der Waals surface area contributed by atoms with Crippen LogP contribution >= 0.6 is 58.2 Å². The van der Waals surface area contributed by atoms with Gasteiger partial charge in [-0.1, -0.05) is 46.4 Å². The van der Waals surface area contributed by atoms with Crippen LogP contribution in [-0.4, -0.2) is 12.5 Å². The molecule has 1 nitrogen and oxygen atoms in total. The molecule has 0 aromatic rings. The summed E-state index contributed by atoms with van der Waals surface area (Å²) in [5, 5.41) is -0.107. The van der Waals surface area contributed by atoms with Gasteiger partial charge in [0.15, 0.2) is 6.29 Å². The van der Waals surface area contributed by atoms with Gasteiger partial charge in [-0.05, 0) is 6.26 Å². The number of hydrogen-bond acceptors (Lipinski definition) is 2. The molecular weight excluding hydrogens is 262 g/mol. The molecule has 68 valence electrons. The number of carbonyl (C=O) groups is 1. The third-order valence-electron chi connectivity index (χ3n) is 0.858. The van der Waals surface area contributed by atoms with Crippen LogP contribution in [0.3, 0.4) is 0 Å². The van der Waals surface area contributed by atoms with Gasteiger partial charge in [-0.25, -0.2) is 0 Å². The molecule has 0 aromatic heterocycles. The monoisotopic (exact) mass is 264 g/mol. The average molecular weight is 266 g/mol. The van der Waals surface area contributed by atoms with Crippen molar-refractivity contribution in [1.82, 2.24) is 0 Å². The van der Waals surface area contributed by atoms with Crippen LogP contribution in [0.4, 0.5) is 0 Å². The van der Waals surface area contributed by atoms with Crippen molar-refractivity contribution in [1.29, 1.82) is 0 Å². The highest BCUT2D eigenvalue weighted by Gasteiger charge is 2.09. The fourth-order valence-electron chi connectivity index (χ4n) is 0.332. The van der Waals surface area contributed by atoms with E-state index in [0.29, 0.717) is 10.7 Å². The maximum Gasteiger partial charge on any atom is 0.162 e. The smallest absolute Gasteiger partial charge is 0.162 e. The van der Waals surface area contributed by atoms with E-state index in [9.17, 15) is 4.79 Å². The molecule has 0 unspecified atom stereocenters. The second kappa shape index (κ2) is 6.17. The molecular formula is C6H4Cl4OS. The van der Waals surface area contributed by atoms with Gasteiger partial charge >= 0.3 is 0 Å². The first-order valence-corrected chi connectivity index (χ1v) is 5.38. The van der Waals surface area contributed by atoms with E-state index in [0.717, 1.165) is 0 Å². The molecule has 0 heterocycles. The Bertz CT molecular complexity index is 246. The Labute approximate surface area is 94.7 Å². The maximum atomic E-state index is 10.2. The first kappa shape index (κ1) is 12.7. The molecule has 0 aromatic carbocycles. The zero-order valence-corrected chi connectivity index (χ0v) is 9.75. The van der Waals surface area contributed by atoms with Crippen molar-refractivity contribution in [2.45, 2.75) is 0 Å². The zero-order chi connectivity index (χ0) is 9.72. The quantitative estimate of drug-likeness (QED) is 0.438. The van der Waals surface area contributed by atoms with Gasteiger partial charge in [0.1, 0.15) is 5.03 Å². The number of thioether (sulfide) groups is 1. The van der Waals surface area contributed by atoms with Gasteiger partial charge in [-0.2, -0.15) is 0 Å². The van der Waals surface area contributed by atoms with E-state index in [4.69, 9.17) is 46.4 Å². The van der Waals surface area contributed by atoms with E-state index >= 15 is 0 Å². The van der Waals surface area contributed by atoms with Crippen molar-refractivity contribution >= 4 is 64.5 Å². The van der Waals surface area contributed by atoms with Crippen LogP contribution in [0.1, 0.15) is 0 Å². The fraction of sp³-hybridized carbons (Fsp3) is 0.167. The first-order valence-electron chi connectivity index (χ1n) is 2.64. The summed E-state index contributed by atoms with van der Waals surface area (Å²) in [4.78, 5) is 10.2. The largest absolute Gasteiger partial charge is 0.297 e. The van der Waals surface area contributed by atoms with Gasteiger partial charge in [0, 0.05) is 0 Å². The highest BCUT2D eigenvalue weighted by molar-refractivity contribution is 8.04. The number of hydrogen-bond donors (Lipinski definition) is 0. The first-order chi connectivity index (χ1) is 5.54. The molecule has 0 atom stereocenters. The van der Waals surface area contributed by atoms with Crippen LogP contribution in [0.25, 0.3) is 0 Å². The third kappa shape index (κ3) is 3.58. The maximum absolute atomic E-state index is 10.2. The summed E-state index contributed by atoms with van der Waals surface area (Å²) in [6.45, 7) is 0. The van der Waals surface area contributed by atoms with Crippen LogP contribution in [0.5, 0.6) is 0 Å². The van der Waals surface area contributed by atoms with Crippen molar-refractivity contribution in [2.24, 2.45) is 0 Å². The van der Waals surface area contributed by atoms with E-state index < -0.39 is 0 Å². The Morgan fingerprint density at radius 1 is 1.17 bits per heavy atom. The Kier molecular flexibility index (Phi) is 6.50. The minimum atomic E-state index is -0.158. The Morgan fingerprint density at radius 2 is 1.67 bits per heavy atom. The number of aldehydes is 1. The molecule has 0 fully saturated rings. The average Bonchev–Trinajstić information content (AvgIpc) is 2.12. The molecule has 0 radical (unpaired) electrons. The van der Waals surface area contributed by atoms with Gasteiger partial charge in [0.05, 0.1) is 14.4 Å². The SMILES string of the molecule is CS/C(Cl)=C(Cl)/C(Cl)=C(/Cl)C=O. The molecule has 0 saturated carbocycles. The molecule has 0 aliphatic carbocycles. The Hall–Kier alpha value is 0.660. The van der Waals surface area contributed by atoms with E-state index in [1.165, 1.54) is 11.8 Å². The summed E-state index contributed by atoms with van der Waals surface area (Å²) in [5.74, 6) is 0. The molecule has 6 heteroatoms. The normalized spacial score (nSPS) is 15.1. The van der Waals surface area contributed by atoms with Crippen molar-refractivity contribution in [3.8, 4) is 0 Å². The lowest BCUT2D eigenvalue weighted by Crippen LogP contribution is -1.82. The summed E-state index contributed by atoms with van der Waals surface area (Å²) in [6, 6.07) is 0. The predicted octanol–water partition coefficient (Wildman–Crippen LogP) is 3.88. The molecule has 0 rings (SSSR count). The van der Waals surface area contributed by atoms with E-state index in [1.807, 2.05) is 0 Å². The van der Waals surface area contributed by atoms with Gasteiger partial charge in [0.2, 0.25) is 0 Å². The molecule has 0 spiro atoms. The standard InChI is InChI=1S/C6H4Cl4OS/c1-12-6(10)5(9)4(8)3(7)2-11/h2H,1H3/b4-3-,6-5-. The summed E-state index contributed by atoms with van der Waals surface area (Å²) in [6.07, 6.45) is 2.13. The predicted molar refractivity (Wildman–Crippen MR) is 57.0 cm³/mol. The van der Waals surface area contributed by atoms with Crippen molar-refractivity contribution in [3.63, 3.8) is 0 Å². The van der Waals surface area contributed by atoms with Crippen LogP contribution in [0.2, 0.25) is 0 Å². The lowest BCUT2D eigenvalue weighted by molar-refractivity contribution is -0.104. The van der Waals surface area contributed by atoms with Crippen LogP contribution in [-0.2, 0) is 4.79 Å². The fourth-order valence-corrected chi connectivity index (χ4v) is 1.43. The highest BCUT2D eigenvalue weighted by Crippen LogP contribution is 2.33. The van der Waals surface area contributed by atoms with Gasteiger partial charge in [-0.3, -0.25) is 4.79 Å². The lowest BCUT2D eigenvalue weighted by Gasteiger charge is -1.99. The van der Waals surface area contributed by atoms with E-state index in [1.54, 1.807) is 6.26 Å². The van der Waals surface area contributed by atoms with Gasteiger partial charge in [-0.15, -0.1) is 11.8 Å².